The fourth-order valence-corrected chi connectivity index (χ4v) is 2.78. The summed E-state index contributed by atoms with van der Waals surface area (Å²) in [5.41, 5.74) is 1.19. The Morgan fingerprint density at radius 1 is 1.19 bits per heavy atom. The van der Waals surface area contributed by atoms with Crippen LogP contribution in [0.2, 0.25) is 0 Å². The smallest absolute Gasteiger partial charge is 0.229 e. The molecule has 2 aromatic carbocycles. The highest BCUT2D eigenvalue weighted by Gasteiger charge is 2.12. The summed E-state index contributed by atoms with van der Waals surface area (Å²) in [7, 11) is -3.38. The van der Waals surface area contributed by atoms with Gasteiger partial charge in [0.25, 0.3) is 0 Å². The molecule has 10 heteroatoms. The van der Waals surface area contributed by atoms with Crippen molar-refractivity contribution in [3.63, 3.8) is 0 Å². The van der Waals surface area contributed by atoms with Gasteiger partial charge in [0.05, 0.1) is 6.26 Å². The zero-order valence-corrected chi connectivity index (χ0v) is 14.4. The number of benzene rings is 2. The number of hydrogen-bond acceptors (Lipinski definition) is 6. The topological polar surface area (TPSA) is 107 Å². The van der Waals surface area contributed by atoms with Gasteiger partial charge in [0, 0.05) is 16.8 Å². The summed E-state index contributed by atoms with van der Waals surface area (Å²) in [4.78, 5) is 13.4. The fraction of sp³-hybridized carbons (Fsp3) is 0.125. The molecule has 0 aliphatic heterocycles. The molecule has 26 heavy (non-hydrogen) atoms. The highest BCUT2D eigenvalue weighted by Crippen LogP contribution is 2.15. The number of ketones is 1. The maximum Gasteiger partial charge on any atom is 0.229 e. The molecular formula is C16H14FN5O3S. The van der Waals surface area contributed by atoms with Crippen molar-refractivity contribution in [3.05, 3.63) is 59.9 Å². The molecule has 0 saturated heterocycles. The quantitative estimate of drug-likeness (QED) is 0.658. The van der Waals surface area contributed by atoms with Crippen LogP contribution in [0.1, 0.15) is 10.4 Å². The van der Waals surface area contributed by atoms with Gasteiger partial charge in [0.2, 0.25) is 15.8 Å². The van der Waals surface area contributed by atoms with Crippen LogP contribution in [0.3, 0.4) is 0 Å². The van der Waals surface area contributed by atoms with Crippen LogP contribution in [0.5, 0.6) is 0 Å². The van der Waals surface area contributed by atoms with E-state index < -0.39 is 15.8 Å². The van der Waals surface area contributed by atoms with Crippen molar-refractivity contribution >= 4 is 21.5 Å². The van der Waals surface area contributed by atoms with Crippen LogP contribution in [0.4, 0.5) is 10.1 Å². The Balaban J connectivity index is 1.70. The summed E-state index contributed by atoms with van der Waals surface area (Å²) in [6.07, 6.45) is 1.04. The average Bonchev–Trinajstić information content (AvgIpc) is 3.02. The van der Waals surface area contributed by atoms with Crippen LogP contribution in [-0.4, -0.2) is 40.7 Å². The van der Waals surface area contributed by atoms with Gasteiger partial charge < -0.3 is 0 Å². The van der Waals surface area contributed by atoms with Gasteiger partial charge in [-0.2, -0.15) is 4.80 Å². The molecule has 8 nitrogen and oxygen atoms in total. The van der Waals surface area contributed by atoms with Crippen LogP contribution in [0, 0.1) is 5.82 Å². The van der Waals surface area contributed by atoms with E-state index in [1.54, 1.807) is 6.07 Å². The largest absolute Gasteiger partial charge is 0.292 e. The van der Waals surface area contributed by atoms with E-state index in [1.165, 1.54) is 42.5 Å². The standard InChI is InChI=1S/C16H14FN5O3S/c1-26(24,25)20-14-7-5-11(6-8-14)15(23)10-22-19-16(18-21-22)12-3-2-4-13(17)9-12/h2-9,20H,10H2,1H3. The van der Waals surface area contributed by atoms with Crippen LogP contribution in [0.25, 0.3) is 11.4 Å². The molecule has 1 N–H and O–H groups in total. The maximum atomic E-state index is 13.2. The third-order valence-corrected chi connectivity index (χ3v) is 3.94. The minimum absolute atomic E-state index is 0.152. The highest BCUT2D eigenvalue weighted by molar-refractivity contribution is 7.92. The molecule has 0 fully saturated rings. The van der Waals surface area contributed by atoms with E-state index >= 15 is 0 Å². The second kappa shape index (κ2) is 7.00. The molecule has 0 spiro atoms. The first-order valence-electron chi connectivity index (χ1n) is 7.45. The molecule has 0 bridgehead atoms. The third-order valence-electron chi connectivity index (χ3n) is 3.33. The van der Waals surface area contributed by atoms with Crippen LogP contribution in [0.15, 0.2) is 48.5 Å². The van der Waals surface area contributed by atoms with Crippen LogP contribution < -0.4 is 4.72 Å². The number of hydrogen-bond donors (Lipinski definition) is 1. The van der Waals surface area contributed by atoms with E-state index in [2.05, 4.69) is 20.1 Å². The van der Waals surface area contributed by atoms with E-state index in [0.717, 1.165) is 11.1 Å². The number of nitrogens with one attached hydrogen (secondary N) is 1. The molecule has 1 heterocycles. The lowest BCUT2D eigenvalue weighted by molar-refractivity contribution is 0.0961. The van der Waals surface area contributed by atoms with Crippen molar-refractivity contribution in [3.8, 4) is 11.4 Å². The minimum atomic E-state index is -3.38. The van der Waals surface area contributed by atoms with Gasteiger partial charge in [0.1, 0.15) is 12.4 Å². The zero-order valence-electron chi connectivity index (χ0n) is 13.6. The van der Waals surface area contributed by atoms with E-state index in [1.807, 2.05) is 0 Å². The number of Topliss-reactive ketones (excluding diaryl/α,β-unsaturated/α-hetero) is 1. The molecule has 0 amide bonds. The number of carbonyl (C=O) groups excluding carboxylic acids is 1. The summed E-state index contributed by atoms with van der Waals surface area (Å²) in [6, 6.07) is 11.7. The second-order valence-corrected chi connectivity index (χ2v) is 7.28. The average molecular weight is 375 g/mol. The number of halogens is 1. The SMILES string of the molecule is CS(=O)(=O)Nc1ccc(C(=O)Cn2nnc(-c3cccc(F)c3)n2)cc1. The van der Waals surface area contributed by atoms with Crippen LogP contribution >= 0.6 is 0 Å². The Labute approximate surface area is 148 Å². The van der Waals surface area contributed by atoms with Gasteiger partial charge in [-0.15, -0.1) is 10.2 Å². The lowest BCUT2D eigenvalue weighted by Gasteiger charge is -2.05. The van der Waals surface area contributed by atoms with E-state index in [9.17, 15) is 17.6 Å². The molecule has 0 aliphatic carbocycles. The Bertz CT molecular complexity index is 1050. The lowest BCUT2D eigenvalue weighted by Crippen LogP contribution is -2.14. The number of sulfonamides is 1. The molecule has 3 aromatic rings. The summed E-state index contributed by atoms with van der Waals surface area (Å²) >= 11 is 0. The van der Waals surface area contributed by atoms with Crippen molar-refractivity contribution in [2.75, 3.05) is 11.0 Å². The number of nitrogens with zero attached hydrogens (tertiary/aromatic N) is 4. The zero-order chi connectivity index (χ0) is 18.7. The van der Waals surface area contributed by atoms with Gasteiger partial charge >= 0.3 is 0 Å². The Morgan fingerprint density at radius 3 is 2.58 bits per heavy atom. The van der Waals surface area contributed by atoms with Gasteiger partial charge in [-0.25, -0.2) is 12.8 Å². The van der Waals surface area contributed by atoms with Gasteiger partial charge in [-0.05, 0) is 41.6 Å². The summed E-state index contributed by atoms with van der Waals surface area (Å²) in [6.45, 7) is -0.152. The molecule has 0 radical (unpaired) electrons. The predicted molar refractivity (Wildman–Crippen MR) is 92.5 cm³/mol. The number of tetrazole rings is 1. The first-order chi connectivity index (χ1) is 12.3. The van der Waals surface area contributed by atoms with E-state index in [0.29, 0.717) is 16.8 Å². The predicted octanol–water partition coefficient (Wildman–Crippen LogP) is 1.73. The monoisotopic (exact) mass is 375 g/mol. The fourth-order valence-electron chi connectivity index (χ4n) is 2.21. The van der Waals surface area contributed by atoms with E-state index in [4.69, 9.17) is 0 Å². The molecular weight excluding hydrogens is 361 g/mol. The van der Waals surface area contributed by atoms with Crippen molar-refractivity contribution in [1.29, 1.82) is 0 Å². The van der Waals surface area contributed by atoms with Gasteiger partial charge in [-0.1, -0.05) is 12.1 Å². The maximum absolute atomic E-state index is 13.2. The number of anilines is 1. The molecule has 0 aliphatic rings. The Kier molecular flexibility index (Phi) is 4.76. The highest BCUT2D eigenvalue weighted by atomic mass is 32.2. The molecule has 1 aromatic heterocycles. The number of carbonyl (C=O) groups is 1. The Morgan fingerprint density at radius 2 is 1.92 bits per heavy atom. The first kappa shape index (κ1) is 17.7. The molecule has 134 valence electrons. The van der Waals surface area contributed by atoms with Crippen molar-refractivity contribution in [2.45, 2.75) is 6.54 Å². The minimum Gasteiger partial charge on any atom is -0.292 e. The van der Waals surface area contributed by atoms with Crippen molar-refractivity contribution < 1.29 is 17.6 Å². The molecule has 0 unspecified atom stereocenters. The third kappa shape index (κ3) is 4.48. The Hall–Kier alpha value is -3.14. The second-order valence-electron chi connectivity index (χ2n) is 5.53. The number of rotatable bonds is 6. The molecule has 0 atom stereocenters. The first-order valence-corrected chi connectivity index (χ1v) is 9.34. The lowest BCUT2D eigenvalue weighted by atomic mass is 10.1. The van der Waals surface area contributed by atoms with Gasteiger partial charge in [0.15, 0.2) is 5.78 Å². The van der Waals surface area contributed by atoms with Crippen molar-refractivity contribution in [1.82, 2.24) is 20.2 Å². The summed E-state index contributed by atoms with van der Waals surface area (Å²) in [5, 5.41) is 11.7. The van der Waals surface area contributed by atoms with E-state index in [-0.39, 0.29) is 18.2 Å². The summed E-state index contributed by atoms with van der Waals surface area (Å²) in [5.74, 6) is -0.484. The van der Waals surface area contributed by atoms with Crippen LogP contribution in [-0.2, 0) is 16.6 Å². The van der Waals surface area contributed by atoms with Crippen molar-refractivity contribution in [2.24, 2.45) is 0 Å². The molecule has 0 saturated carbocycles. The number of aromatic nitrogens is 4. The normalized spacial score (nSPS) is 11.3. The molecule has 3 rings (SSSR count). The summed E-state index contributed by atoms with van der Waals surface area (Å²) < 4.78 is 37.9. The van der Waals surface area contributed by atoms with Gasteiger partial charge in [-0.3, -0.25) is 9.52 Å².